The molecule has 0 heterocycles. The zero-order chi connectivity index (χ0) is 12.4. The maximum absolute atomic E-state index is 11.3. The average molecular weight is 223 g/mol. The molecular weight excluding hydrogens is 206 g/mol. The van der Waals surface area contributed by atoms with Gasteiger partial charge in [0.1, 0.15) is 0 Å². The summed E-state index contributed by atoms with van der Waals surface area (Å²) in [4.78, 5) is 24.0. The SMILES string of the molecule is C=CCC(=O)OC(=O)CN(CC=C)CC=C. The van der Waals surface area contributed by atoms with Crippen molar-refractivity contribution < 1.29 is 14.3 Å². The van der Waals surface area contributed by atoms with Crippen LogP contribution in [0.1, 0.15) is 6.42 Å². The summed E-state index contributed by atoms with van der Waals surface area (Å²) < 4.78 is 4.55. The van der Waals surface area contributed by atoms with Gasteiger partial charge < -0.3 is 4.74 Å². The number of rotatable bonds is 8. The molecule has 0 bridgehead atoms. The van der Waals surface area contributed by atoms with Gasteiger partial charge in [0.15, 0.2) is 0 Å². The molecule has 0 saturated carbocycles. The minimum atomic E-state index is -0.586. The number of esters is 2. The Morgan fingerprint density at radius 3 is 2.00 bits per heavy atom. The van der Waals surface area contributed by atoms with E-state index in [9.17, 15) is 9.59 Å². The topological polar surface area (TPSA) is 46.6 Å². The average Bonchev–Trinajstić information content (AvgIpc) is 2.18. The monoisotopic (exact) mass is 223 g/mol. The van der Waals surface area contributed by atoms with E-state index in [1.165, 1.54) is 6.08 Å². The highest BCUT2D eigenvalue weighted by Crippen LogP contribution is 1.94. The first-order valence-electron chi connectivity index (χ1n) is 4.92. The van der Waals surface area contributed by atoms with Crippen LogP contribution < -0.4 is 0 Å². The van der Waals surface area contributed by atoms with Gasteiger partial charge in [-0.25, -0.2) is 0 Å². The van der Waals surface area contributed by atoms with E-state index >= 15 is 0 Å². The predicted molar refractivity (Wildman–Crippen MR) is 62.7 cm³/mol. The summed E-state index contributed by atoms with van der Waals surface area (Å²) in [5.41, 5.74) is 0. The van der Waals surface area contributed by atoms with E-state index in [1.807, 2.05) is 0 Å². The van der Waals surface area contributed by atoms with E-state index in [1.54, 1.807) is 17.1 Å². The predicted octanol–water partition coefficient (Wildman–Crippen LogP) is 1.31. The van der Waals surface area contributed by atoms with Crippen molar-refractivity contribution in [2.45, 2.75) is 6.42 Å². The van der Waals surface area contributed by atoms with Crippen LogP contribution in [0.3, 0.4) is 0 Å². The first kappa shape index (κ1) is 14.3. The molecule has 0 radical (unpaired) electrons. The van der Waals surface area contributed by atoms with Crippen LogP contribution in [0.15, 0.2) is 38.0 Å². The van der Waals surface area contributed by atoms with Crippen molar-refractivity contribution in [3.63, 3.8) is 0 Å². The molecule has 0 rings (SSSR count). The van der Waals surface area contributed by atoms with Gasteiger partial charge in [0, 0.05) is 13.1 Å². The third-order valence-electron chi connectivity index (χ3n) is 1.67. The second-order valence-electron chi connectivity index (χ2n) is 3.11. The van der Waals surface area contributed by atoms with Crippen molar-refractivity contribution in [1.29, 1.82) is 0 Å². The second-order valence-corrected chi connectivity index (χ2v) is 3.11. The fourth-order valence-electron chi connectivity index (χ4n) is 1.07. The molecule has 4 heteroatoms. The Balaban J connectivity index is 4.07. The molecule has 4 nitrogen and oxygen atoms in total. The summed E-state index contributed by atoms with van der Waals surface area (Å²) in [5.74, 6) is -1.16. The summed E-state index contributed by atoms with van der Waals surface area (Å²) in [6, 6.07) is 0. The fourth-order valence-corrected chi connectivity index (χ4v) is 1.07. The van der Waals surface area contributed by atoms with E-state index in [-0.39, 0.29) is 13.0 Å². The highest BCUT2D eigenvalue weighted by molar-refractivity contribution is 5.87. The van der Waals surface area contributed by atoms with E-state index in [0.717, 1.165) is 0 Å². The highest BCUT2D eigenvalue weighted by atomic mass is 16.6. The third-order valence-corrected chi connectivity index (χ3v) is 1.67. The molecule has 0 aromatic rings. The Kier molecular flexibility index (Phi) is 7.71. The van der Waals surface area contributed by atoms with Gasteiger partial charge in [-0.05, 0) is 0 Å². The molecule has 0 aliphatic rings. The van der Waals surface area contributed by atoms with E-state index in [4.69, 9.17) is 0 Å². The molecule has 0 atom stereocenters. The molecule has 88 valence electrons. The maximum atomic E-state index is 11.3. The second kappa shape index (κ2) is 8.61. The van der Waals surface area contributed by atoms with Gasteiger partial charge in [-0.2, -0.15) is 0 Å². The number of hydrogen-bond acceptors (Lipinski definition) is 4. The van der Waals surface area contributed by atoms with Gasteiger partial charge in [-0.3, -0.25) is 14.5 Å². The van der Waals surface area contributed by atoms with Crippen molar-refractivity contribution in [1.82, 2.24) is 4.90 Å². The molecule has 0 N–H and O–H groups in total. The molecule has 0 unspecified atom stereocenters. The lowest BCUT2D eigenvalue weighted by molar-refractivity contribution is -0.159. The number of nitrogens with zero attached hydrogens (tertiary/aromatic N) is 1. The van der Waals surface area contributed by atoms with Gasteiger partial charge >= 0.3 is 11.9 Å². The Morgan fingerprint density at radius 2 is 1.56 bits per heavy atom. The van der Waals surface area contributed by atoms with Crippen LogP contribution in [0.2, 0.25) is 0 Å². The van der Waals surface area contributed by atoms with Crippen LogP contribution in [0.5, 0.6) is 0 Å². The molecule has 0 saturated heterocycles. The normalized spacial score (nSPS) is 9.56. The van der Waals surface area contributed by atoms with Crippen LogP contribution in [-0.2, 0) is 14.3 Å². The summed E-state index contributed by atoms with van der Waals surface area (Å²) in [6.07, 6.45) is 4.76. The molecule has 0 aromatic carbocycles. The molecule has 0 fully saturated rings. The minimum Gasteiger partial charge on any atom is -0.392 e. The number of carbonyl (C=O) groups is 2. The van der Waals surface area contributed by atoms with Crippen LogP contribution in [-0.4, -0.2) is 36.5 Å². The van der Waals surface area contributed by atoms with Crippen molar-refractivity contribution in [3.8, 4) is 0 Å². The fraction of sp³-hybridized carbons (Fsp3) is 0.333. The smallest absolute Gasteiger partial charge is 0.327 e. The lowest BCUT2D eigenvalue weighted by atomic mass is 10.4. The van der Waals surface area contributed by atoms with Gasteiger partial charge in [-0.1, -0.05) is 18.2 Å². The Hall–Kier alpha value is -1.68. The summed E-state index contributed by atoms with van der Waals surface area (Å²) in [5, 5.41) is 0. The van der Waals surface area contributed by atoms with Crippen molar-refractivity contribution in [2.24, 2.45) is 0 Å². The first-order valence-corrected chi connectivity index (χ1v) is 4.92. The van der Waals surface area contributed by atoms with Gasteiger partial charge in [0.25, 0.3) is 0 Å². The molecular formula is C12H17NO3. The molecule has 0 spiro atoms. The van der Waals surface area contributed by atoms with E-state index in [2.05, 4.69) is 24.5 Å². The van der Waals surface area contributed by atoms with E-state index < -0.39 is 11.9 Å². The zero-order valence-electron chi connectivity index (χ0n) is 9.35. The Morgan fingerprint density at radius 1 is 1.00 bits per heavy atom. The van der Waals surface area contributed by atoms with Crippen LogP contribution in [0.25, 0.3) is 0 Å². The number of carbonyl (C=O) groups excluding carboxylic acids is 2. The molecule has 0 aliphatic carbocycles. The molecule has 0 aliphatic heterocycles. The lowest BCUT2D eigenvalue weighted by Crippen LogP contribution is -2.32. The van der Waals surface area contributed by atoms with E-state index in [0.29, 0.717) is 13.1 Å². The Labute approximate surface area is 95.9 Å². The van der Waals surface area contributed by atoms with Gasteiger partial charge in [0.05, 0.1) is 13.0 Å². The van der Waals surface area contributed by atoms with Crippen molar-refractivity contribution in [2.75, 3.05) is 19.6 Å². The zero-order valence-corrected chi connectivity index (χ0v) is 9.35. The number of hydrogen-bond donors (Lipinski definition) is 0. The number of ether oxygens (including phenoxy) is 1. The summed E-state index contributed by atoms with van der Waals surface area (Å²) in [6.45, 7) is 11.6. The molecule has 0 amide bonds. The lowest BCUT2D eigenvalue weighted by Gasteiger charge is -2.16. The molecule has 0 aromatic heterocycles. The maximum Gasteiger partial charge on any atom is 0.327 e. The largest absolute Gasteiger partial charge is 0.392 e. The molecule has 16 heavy (non-hydrogen) atoms. The van der Waals surface area contributed by atoms with Crippen LogP contribution in [0, 0.1) is 0 Å². The Bertz CT molecular complexity index is 274. The van der Waals surface area contributed by atoms with Crippen LogP contribution in [0.4, 0.5) is 0 Å². The third kappa shape index (κ3) is 6.73. The standard InChI is InChI=1S/C12H17NO3/c1-4-7-11(14)16-12(15)10-13(8-5-2)9-6-3/h4-6H,1-3,7-10H2. The quantitative estimate of drug-likeness (QED) is 0.353. The van der Waals surface area contributed by atoms with Crippen LogP contribution >= 0.6 is 0 Å². The highest BCUT2D eigenvalue weighted by Gasteiger charge is 2.12. The van der Waals surface area contributed by atoms with Gasteiger partial charge in [0.2, 0.25) is 0 Å². The first-order chi connectivity index (χ1) is 7.63. The minimum absolute atomic E-state index is 0.0364. The van der Waals surface area contributed by atoms with Gasteiger partial charge in [-0.15, -0.1) is 19.7 Å². The summed E-state index contributed by atoms with van der Waals surface area (Å²) >= 11 is 0. The summed E-state index contributed by atoms with van der Waals surface area (Å²) in [7, 11) is 0. The van der Waals surface area contributed by atoms with Crippen molar-refractivity contribution in [3.05, 3.63) is 38.0 Å². The van der Waals surface area contributed by atoms with Crippen molar-refractivity contribution >= 4 is 11.9 Å².